The van der Waals surface area contributed by atoms with Crippen LogP contribution in [0.2, 0.25) is 0 Å². The number of halogens is 2. The molecule has 1 aliphatic heterocycles. The standard InChI is InChI=1S/C9H7F2NO.C8H12N2.C4H8O2/c10-7-1-6-3-12(5-13)4-8(6)9(11)2-7;1-9-7-3-5-8(10-2)6-4-7;1-4(2,6)3-5/h1-2,5H,3-4H2;3-6,9-10H,1-2H3;3,6H,1-2H3. The van der Waals surface area contributed by atoms with Crippen LogP contribution in [0.4, 0.5) is 20.2 Å². The van der Waals surface area contributed by atoms with Crippen molar-refractivity contribution >= 4 is 24.1 Å². The molecule has 0 bridgehead atoms. The monoisotopic (exact) mass is 407 g/mol. The lowest BCUT2D eigenvalue weighted by Crippen LogP contribution is -2.19. The zero-order valence-corrected chi connectivity index (χ0v) is 17.0. The predicted molar refractivity (Wildman–Crippen MR) is 110 cm³/mol. The SMILES string of the molecule is CC(C)(O)C=O.CNc1ccc(NC)cc1.O=CN1Cc2cc(F)cc(F)c2C1. The molecule has 2 aromatic rings. The van der Waals surface area contributed by atoms with Gasteiger partial charge in [-0.2, -0.15) is 0 Å². The topological polar surface area (TPSA) is 81.7 Å². The van der Waals surface area contributed by atoms with Crippen molar-refractivity contribution < 1.29 is 23.5 Å². The van der Waals surface area contributed by atoms with Crippen molar-refractivity contribution in [3.63, 3.8) is 0 Å². The van der Waals surface area contributed by atoms with Crippen LogP contribution in [-0.4, -0.2) is 42.4 Å². The van der Waals surface area contributed by atoms with Crippen molar-refractivity contribution in [2.24, 2.45) is 0 Å². The average Bonchev–Trinajstić information content (AvgIpc) is 3.12. The lowest BCUT2D eigenvalue weighted by molar-refractivity contribution is -0.121. The van der Waals surface area contributed by atoms with E-state index in [-0.39, 0.29) is 6.54 Å². The maximum Gasteiger partial charge on any atom is 0.210 e. The number of rotatable bonds is 4. The molecule has 0 saturated heterocycles. The van der Waals surface area contributed by atoms with Gasteiger partial charge in [-0.3, -0.25) is 4.79 Å². The van der Waals surface area contributed by atoms with Gasteiger partial charge in [-0.05, 0) is 49.7 Å². The molecular weight excluding hydrogens is 380 g/mol. The molecule has 0 aliphatic carbocycles. The van der Waals surface area contributed by atoms with E-state index in [9.17, 15) is 18.4 Å². The van der Waals surface area contributed by atoms with Crippen LogP contribution in [-0.2, 0) is 22.7 Å². The normalized spacial score (nSPS) is 11.9. The van der Waals surface area contributed by atoms with Gasteiger partial charge in [0.05, 0.1) is 0 Å². The Balaban J connectivity index is 0.000000235. The van der Waals surface area contributed by atoms with E-state index < -0.39 is 17.2 Å². The van der Waals surface area contributed by atoms with E-state index in [1.54, 1.807) is 0 Å². The fourth-order valence-electron chi connectivity index (χ4n) is 2.33. The van der Waals surface area contributed by atoms with Crippen LogP contribution in [0.25, 0.3) is 0 Å². The third-order valence-electron chi connectivity index (χ3n) is 3.89. The summed E-state index contributed by atoms with van der Waals surface area (Å²) in [5.41, 5.74) is 2.12. The Labute approximate surface area is 169 Å². The number of hydrogen-bond donors (Lipinski definition) is 3. The van der Waals surface area contributed by atoms with Gasteiger partial charge in [-0.15, -0.1) is 0 Å². The number of nitrogens with zero attached hydrogens (tertiary/aromatic N) is 1. The van der Waals surface area contributed by atoms with Crippen molar-refractivity contribution in [2.45, 2.75) is 32.5 Å². The summed E-state index contributed by atoms with van der Waals surface area (Å²) in [4.78, 5) is 21.4. The molecule has 0 atom stereocenters. The smallest absolute Gasteiger partial charge is 0.210 e. The van der Waals surface area contributed by atoms with Gasteiger partial charge in [0.2, 0.25) is 6.41 Å². The quantitative estimate of drug-likeness (QED) is 0.679. The van der Waals surface area contributed by atoms with Gasteiger partial charge in [-0.25, -0.2) is 8.78 Å². The van der Waals surface area contributed by atoms with Crippen LogP contribution in [0, 0.1) is 11.6 Å². The summed E-state index contributed by atoms with van der Waals surface area (Å²) in [6, 6.07) is 10.2. The second-order valence-corrected chi connectivity index (χ2v) is 6.88. The van der Waals surface area contributed by atoms with E-state index in [0.717, 1.165) is 17.4 Å². The minimum Gasteiger partial charge on any atom is -0.388 e. The maximum atomic E-state index is 13.1. The van der Waals surface area contributed by atoms with Gasteiger partial charge in [0, 0.05) is 50.2 Å². The van der Waals surface area contributed by atoms with E-state index in [1.165, 1.54) is 24.8 Å². The molecule has 0 spiro atoms. The summed E-state index contributed by atoms with van der Waals surface area (Å²) >= 11 is 0. The van der Waals surface area contributed by atoms with Crippen molar-refractivity contribution in [1.29, 1.82) is 0 Å². The summed E-state index contributed by atoms with van der Waals surface area (Å²) in [5, 5.41) is 14.6. The third-order valence-corrected chi connectivity index (χ3v) is 3.89. The van der Waals surface area contributed by atoms with Gasteiger partial charge in [0.15, 0.2) is 6.29 Å². The summed E-state index contributed by atoms with van der Waals surface area (Å²) in [5.74, 6) is -1.16. The molecule has 6 nitrogen and oxygen atoms in total. The Morgan fingerprint density at radius 1 is 1.00 bits per heavy atom. The number of benzene rings is 2. The number of amides is 1. The van der Waals surface area contributed by atoms with Crippen LogP contribution < -0.4 is 10.6 Å². The molecular formula is C21H27F2N3O3. The highest BCUT2D eigenvalue weighted by Crippen LogP contribution is 2.25. The van der Waals surface area contributed by atoms with E-state index >= 15 is 0 Å². The van der Waals surface area contributed by atoms with Gasteiger partial charge in [0.1, 0.15) is 17.2 Å². The molecule has 0 saturated carbocycles. The molecule has 0 fully saturated rings. The second-order valence-electron chi connectivity index (χ2n) is 6.88. The maximum absolute atomic E-state index is 13.1. The van der Waals surface area contributed by atoms with Crippen LogP contribution in [0.1, 0.15) is 25.0 Å². The highest BCUT2D eigenvalue weighted by Gasteiger charge is 2.21. The first-order chi connectivity index (χ1) is 13.6. The Kier molecular flexibility index (Phi) is 9.21. The number of carbonyl (C=O) groups is 2. The molecule has 3 N–H and O–H groups in total. The van der Waals surface area contributed by atoms with E-state index in [2.05, 4.69) is 10.6 Å². The Bertz CT molecular complexity index is 783. The number of aliphatic hydroxyl groups is 1. The number of anilines is 2. The van der Waals surface area contributed by atoms with Gasteiger partial charge < -0.3 is 25.4 Å². The number of nitrogens with one attached hydrogen (secondary N) is 2. The molecule has 0 radical (unpaired) electrons. The molecule has 8 heteroatoms. The molecule has 2 aromatic carbocycles. The first-order valence-electron chi connectivity index (χ1n) is 8.94. The molecule has 1 amide bonds. The fourth-order valence-corrected chi connectivity index (χ4v) is 2.33. The lowest BCUT2D eigenvalue weighted by Gasteiger charge is -2.04. The minimum absolute atomic E-state index is 0.241. The fraction of sp³-hybridized carbons (Fsp3) is 0.333. The van der Waals surface area contributed by atoms with Gasteiger partial charge in [0.25, 0.3) is 0 Å². The molecule has 1 aliphatic rings. The molecule has 1 heterocycles. The largest absolute Gasteiger partial charge is 0.388 e. The zero-order chi connectivity index (χ0) is 22.0. The first-order valence-corrected chi connectivity index (χ1v) is 8.94. The minimum atomic E-state index is -1.14. The van der Waals surface area contributed by atoms with Gasteiger partial charge in [-0.1, -0.05) is 0 Å². The third kappa shape index (κ3) is 8.27. The molecule has 158 valence electrons. The number of carbonyl (C=O) groups excluding carboxylic acids is 2. The number of fused-ring (bicyclic) bond motifs is 1. The van der Waals surface area contributed by atoms with Crippen LogP contribution in [0.15, 0.2) is 36.4 Å². The predicted octanol–water partition coefficient (Wildman–Crippen LogP) is 3.16. The van der Waals surface area contributed by atoms with Crippen molar-refractivity contribution in [2.75, 3.05) is 24.7 Å². The van der Waals surface area contributed by atoms with Crippen molar-refractivity contribution in [3.05, 3.63) is 59.2 Å². The summed E-state index contributed by atoms with van der Waals surface area (Å²) in [6.45, 7) is 3.40. The lowest BCUT2D eigenvalue weighted by atomic mass is 10.1. The molecule has 3 rings (SSSR count). The molecule has 0 aromatic heterocycles. The highest BCUT2D eigenvalue weighted by atomic mass is 19.1. The summed E-state index contributed by atoms with van der Waals surface area (Å²) in [7, 11) is 3.82. The Hall–Kier alpha value is -3.00. The Morgan fingerprint density at radius 2 is 1.48 bits per heavy atom. The second kappa shape index (κ2) is 11.1. The Morgan fingerprint density at radius 3 is 1.86 bits per heavy atom. The zero-order valence-electron chi connectivity index (χ0n) is 17.0. The van der Waals surface area contributed by atoms with Crippen LogP contribution in [0.5, 0.6) is 0 Å². The number of aldehydes is 1. The van der Waals surface area contributed by atoms with Crippen molar-refractivity contribution in [3.8, 4) is 0 Å². The summed E-state index contributed by atoms with van der Waals surface area (Å²) in [6.07, 6.45) is 1.13. The number of hydrogen-bond acceptors (Lipinski definition) is 5. The van der Waals surface area contributed by atoms with Gasteiger partial charge >= 0.3 is 0 Å². The molecule has 29 heavy (non-hydrogen) atoms. The van der Waals surface area contributed by atoms with E-state index in [4.69, 9.17) is 5.11 Å². The first kappa shape index (κ1) is 24.0. The van der Waals surface area contributed by atoms with Crippen LogP contribution >= 0.6 is 0 Å². The highest BCUT2D eigenvalue weighted by molar-refractivity contribution is 5.60. The van der Waals surface area contributed by atoms with Crippen molar-refractivity contribution in [1.82, 2.24) is 4.90 Å². The summed E-state index contributed by atoms with van der Waals surface area (Å²) < 4.78 is 25.8. The molecule has 0 unspecified atom stereocenters. The van der Waals surface area contributed by atoms with Crippen LogP contribution in [0.3, 0.4) is 0 Å². The van der Waals surface area contributed by atoms with E-state index in [1.807, 2.05) is 38.4 Å². The van der Waals surface area contributed by atoms with E-state index in [0.29, 0.717) is 30.4 Å². The average molecular weight is 407 g/mol.